The topological polar surface area (TPSA) is 65.7 Å². The van der Waals surface area contributed by atoms with Crippen LogP contribution >= 0.6 is 27.3 Å². The molecular weight excluding hydrogens is 454 g/mol. The Bertz CT molecular complexity index is 1170. The first kappa shape index (κ1) is 19.8. The maximum absolute atomic E-state index is 13.0. The Morgan fingerprint density at radius 2 is 2.21 bits per heavy atom. The summed E-state index contributed by atoms with van der Waals surface area (Å²) in [5.74, 6) is 1.16. The molecule has 1 aromatic carbocycles. The zero-order valence-electron chi connectivity index (χ0n) is 16.0. The van der Waals surface area contributed by atoms with E-state index in [0.29, 0.717) is 18.1 Å². The van der Waals surface area contributed by atoms with E-state index in [1.165, 1.54) is 22.3 Å². The van der Waals surface area contributed by atoms with Crippen molar-refractivity contribution in [2.75, 3.05) is 13.7 Å². The second-order valence-corrected chi connectivity index (χ2v) is 8.60. The monoisotopic (exact) mass is 473 g/mol. The van der Waals surface area contributed by atoms with Crippen LogP contribution in [0.2, 0.25) is 0 Å². The van der Waals surface area contributed by atoms with Crippen molar-refractivity contribution in [3.63, 3.8) is 0 Å². The Labute approximate surface area is 180 Å². The summed E-state index contributed by atoms with van der Waals surface area (Å²) in [7, 11) is 1.57. The number of methoxy groups -OCH3 is 1. The minimum atomic E-state index is -0.123. The fourth-order valence-electron chi connectivity index (χ4n) is 3.44. The van der Waals surface area contributed by atoms with Gasteiger partial charge < -0.3 is 9.47 Å². The highest BCUT2D eigenvalue weighted by molar-refractivity contribution is 9.10. The molecule has 0 atom stereocenters. The molecule has 0 fully saturated rings. The lowest BCUT2D eigenvalue weighted by atomic mass is 9.97. The predicted molar refractivity (Wildman–Crippen MR) is 120 cm³/mol. The van der Waals surface area contributed by atoms with E-state index in [1.54, 1.807) is 36.8 Å². The average molecular weight is 474 g/mol. The van der Waals surface area contributed by atoms with Crippen molar-refractivity contribution in [3.8, 4) is 11.5 Å². The van der Waals surface area contributed by atoms with Crippen LogP contribution in [0.4, 0.5) is 0 Å². The lowest BCUT2D eigenvalue weighted by molar-refractivity contribution is 0.324. The molecule has 2 aromatic heterocycles. The number of hydrogen-bond acceptors (Lipinski definition) is 6. The van der Waals surface area contributed by atoms with Crippen LogP contribution in [-0.2, 0) is 12.8 Å². The quantitative estimate of drug-likeness (QED) is 0.388. The molecule has 2 heterocycles. The van der Waals surface area contributed by atoms with Gasteiger partial charge >= 0.3 is 0 Å². The molecule has 0 N–H and O–H groups in total. The Kier molecular flexibility index (Phi) is 5.82. The average Bonchev–Trinajstić information content (AvgIpc) is 3.11. The molecule has 3 aromatic rings. The summed E-state index contributed by atoms with van der Waals surface area (Å²) in [5, 5.41) is 5.07. The fraction of sp³-hybridized carbons (Fsp3) is 0.286. The van der Waals surface area contributed by atoms with Gasteiger partial charge in [0.05, 0.1) is 23.2 Å². The van der Waals surface area contributed by atoms with Gasteiger partial charge in [0.15, 0.2) is 11.5 Å². The molecule has 0 spiro atoms. The van der Waals surface area contributed by atoms with Crippen molar-refractivity contribution in [2.45, 2.75) is 25.7 Å². The molecule has 0 unspecified atom stereocenters. The summed E-state index contributed by atoms with van der Waals surface area (Å²) in [5.41, 5.74) is 1.80. The van der Waals surface area contributed by atoms with Crippen LogP contribution in [0.25, 0.3) is 10.2 Å². The van der Waals surface area contributed by atoms with Gasteiger partial charge in [-0.1, -0.05) is 12.7 Å². The summed E-state index contributed by atoms with van der Waals surface area (Å²) >= 11 is 5.13. The first-order valence-electron chi connectivity index (χ1n) is 9.30. The van der Waals surface area contributed by atoms with Crippen molar-refractivity contribution in [2.24, 2.45) is 5.10 Å². The third kappa shape index (κ3) is 3.86. The molecule has 8 heteroatoms. The van der Waals surface area contributed by atoms with E-state index in [2.05, 4.69) is 32.6 Å². The highest BCUT2D eigenvalue weighted by Gasteiger charge is 2.20. The zero-order valence-corrected chi connectivity index (χ0v) is 18.4. The van der Waals surface area contributed by atoms with Crippen LogP contribution in [0.3, 0.4) is 0 Å². The van der Waals surface area contributed by atoms with E-state index >= 15 is 0 Å². The van der Waals surface area contributed by atoms with Crippen LogP contribution in [0.15, 0.2) is 45.5 Å². The van der Waals surface area contributed by atoms with Crippen LogP contribution in [0.5, 0.6) is 11.5 Å². The second kappa shape index (κ2) is 8.51. The van der Waals surface area contributed by atoms with Crippen molar-refractivity contribution in [1.82, 2.24) is 9.66 Å². The number of halogens is 1. The van der Waals surface area contributed by atoms with Crippen molar-refractivity contribution >= 4 is 43.7 Å². The number of hydrogen-bond donors (Lipinski definition) is 0. The summed E-state index contributed by atoms with van der Waals surface area (Å²) in [4.78, 5) is 19.6. The maximum atomic E-state index is 13.0. The Hall–Kier alpha value is -2.45. The minimum Gasteiger partial charge on any atom is -0.493 e. The summed E-state index contributed by atoms with van der Waals surface area (Å²) in [6.45, 7) is 4.02. The van der Waals surface area contributed by atoms with Gasteiger partial charge in [-0.3, -0.25) is 4.79 Å². The zero-order chi connectivity index (χ0) is 20.4. The molecule has 0 aliphatic heterocycles. The van der Waals surface area contributed by atoms with Crippen molar-refractivity contribution in [1.29, 1.82) is 0 Å². The number of aryl methyl sites for hydroxylation is 2. The first-order chi connectivity index (χ1) is 14.1. The lowest BCUT2D eigenvalue weighted by Gasteiger charge is -2.12. The third-order valence-electron chi connectivity index (χ3n) is 4.79. The largest absolute Gasteiger partial charge is 0.493 e. The Morgan fingerprint density at radius 1 is 1.38 bits per heavy atom. The number of ether oxygens (including phenoxy) is 2. The smallest absolute Gasteiger partial charge is 0.282 e. The van der Waals surface area contributed by atoms with E-state index < -0.39 is 0 Å². The highest BCUT2D eigenvalue weighted by atomic mass is 79.9. The molecule has 0 saturated heterocycles. The van der Waals surface area contributed by atoms with Gasteiger partial charge in [0, 0.05) is 4.88 Å². The number of benzene rings is 1. The lowest BCUT2D eigenvalue weighted by Crippen LogP contribution is -2.18. The van der Waals surface area contributed by atoms with E-state index in [1.807, 2.05) is 6.07 Å². The molecule has 0 amide bonds. The van der Waals surface area contributed by atoms with Gasteiger partial charge in [-0.15, -0.1) is 11.3 Å². The molecule has 1 aliphatic rings. The molecule has 1 aliphatic carbocycles. The number of thiophene rings is 1. The van der Waals surface area contributed by atoms with Crippen LogP contribution in [0.1, 0.15) is 28.8 Å². The van der Waals surface area contributed by atoms with E-state index in [-0.39, 0.29) is 5.56 Å². The van der Waals surface area contributed by atoms with E-state index in [9.17, 15) is 4.79 Å². The number of nitrogens with zero attached hydrogens (tertiary/aromatic N) is 3. The summed E-state index contributed by atoms with van der Waals surface area (Å²) in [6.07, 6.45) is 9.03. The number of fused-ring (bicyclic) bond motifs is 3. The third-order valence-corrected chi connectivity index (χ3v) is 6.58. The molecule has 6 nitrogen and oxygen atoms in total. The van der Waals surface area contributed by atoms with Crippen LogP contribution in [-0.4, -0.2) is 29.6 Å². The first-order valence-corrected chi connectivity index (χ1v) is 10.9. The van der Waals surface area contributed by atoms with E-state index in [0.717, 1.165) is 45.1 Å². The summed E-state index contributed by atoms with van der Waals surface area (Å²) in [6, 6.07) is 3.66. The standard InChI is InChI=1S/C21H20BrN3O3S/c1-3-8-28-19-15(22)9-13(10-16(19)27-2)11-24-25-12-23-20-18(21(25)26)14-6-4-5-7-17(14)29-20/h3,9-12H,1,4-8H2,2H3. The van der Waals surface area contributed by atoms with Gasteiger partial charge in [-0.2, -0.15) is 9.78 Å². The number of rotatable bonds is 6. The Morgan fingerprint density at radius 3 is 3.00 bits per heavy atom. The highest BCUT2D eigenvalue weighted by Crippen LogP contribution is 2.36. The van der Waals surface area contributed by atoms with Crippen molar-refractivity contribution in [3.05, 3.63) is 61.9 Å². The fourth-order valence-corrected chi connectivity index (χ4v) is 5.24. The van der Waals surface area contributed by atoms with Crippen LogP contribution in [0, 0.1) is 0 Å². The number of aromatic nitrogens is 2. The molecule has 0 saturated carbocycles. The Balaban J connectivity index is 1.70. The van der Waals surface area contributed by atoms with Gasteiger partial charge in [0.2, 0.25) is 0 Å². The molecule has 29 heavy (non-hydrogen) atoms. The normalized spacial score (nSPS) is 13.6. The maximum Gasteiger partial charge on any atom is 0.282 e. The molecular formula is C21H20BrN3O3S. The van der Waals surface area contributed by atoms with Gasteiger partial charge in [-0.25, -0.2) is 4.98 Å². The van der Waals surface area contributed by atoms with Gasteiger partial charge in [0.25, 0.3) is 5.56 Å². The molecule has 4 rings (SSSR count). The SMILES string of the molecule is C=CCOc1c(Br)cc(C=Nn2cnc3sc4c(c3c2=O)CCCC4)cc1OC. The molecule has 0 radical (unpaired) electrons. The molecule has 150 valence electrons. The van der Waals surface area contributed by atoms with Gasteiger partial charge in [0.1, 0.15) is 17.8 Å². The predicted octanol–water partition coefficient (Wildman–Crippen LogP) is 4.55. The van der Waals surface area contributed by atoms with Crippen molar-refractivity contribution < 1.29 is 9.47 Å². The van der Waals surface area contributed by atoms with E-state index in [4.69, 9.17) is 9.47 Å². The minimum absolute atomic E-state index is 0.123. The second-order valence-electron chi connectivity index (χ2n) is 6.66. The van der Waals surface area contributed by atoms with Gasteiger partial charge in [-0.05, 0) is 64.9 Å². The summed E-state index contributed by atoms with van der Waals surface area (Å²) < 4.78 is 13.1. The van der Waals surface area contributed by atoms with Crippen LogP contribution < -0.4 is 15.0 Å². The molecule has 0 bridgehead atoms.